The molecule has 0 bridgehead atoms. The average Bonchev–Trinajstić information content (AvgIpc) is 3.18. The van der Waals surface area contributed by atoms with E-state index < -0.39 is 15.9 Å². The summed E-state index contributed by atoms with van der Waals surface area (Å²) in [6, 6.07) is 24.4. The van der Waals surface area contributed by atoms with E-state index in [1.54, 1.807) is 43.3 Å². The van der Waals surface area contributed by atoms with Gasteiger partial charge in [0.1, 0.15) is 0 Å². The number of methoxy groups -OCH3 is 2. The number of rotatable bonds is 14. The second-order valence-electron chi connectivity index (χ2n) is 12.9. The number of hydrogen-bond donors (Lipinski definition) is 2. The van der Waals surface area contributed by atoms with Gasteiger partial charge in [0.25, 0.3) is 5.91 Å². The minimum absolute atomic E-state index is 0.0121. The van der Waals surface area contributed by atoms with E-state index in [1.807, 2.05) is 36.4 Å². The predicted molar refractivity (Wildman–Crippen MR) is 207 cm³/mol. The number of benzene rings is 4. The molecule has 280 valence electrons. The number of hydrogen-bond acceptors (Lipinski definition) is 8. The lowest BCUT2D eigenvalue weighted by atomic mass is 9.86. The van der Waals surface area contributed by atoms with E-state index in [4.69, 9.17) is 32.7 Å². The number of aryl methyl sites for hydroxylation is 2. The molecule has 1 aliphatic carbocycles. The van der Waals surface area contributed by atoms with E-state index in [1.165, 1.54) is 30.7 Å². The van der Waals surface area contributed by atoms with Crippen LogP contribution in [0.25, 0.3) is 0 Å². The van der Waals surface area contributed by atoms with Crippen LogP contribution in [0.15, 0.2) is 89.8 Å². The summed E-state index contributed by atoms with van der Waals surface area (Å²) < 4.78 is 38.8. The van der Waals surface area contributed by atoms with Crippen molar-refractivity contribution in [2.45, 2.75) is 62.9 Å². The van der Waals surface area contributed by atoms with Crippen molar-refractivity contribution in [3.63, 3.8) is 0 Å². The van der Waals surface area contributed by atoms with Gasteiger partial charge in [-0.3, -0.25) is 9.59 Å². The van der Waals surface area contributed by atoms with Gasteiger partial charge >= 0.3 is 11.9 Å². The van der Waals surface area contributed by atoms with Gasteiger partial charge in [-0.1, -0.05) is 60.5 Å². The summed E-state index contributed by atoms with van der Waals surface area (Å²) in [6.07, 6.45) is 3.82. The van der Waals surface area contributed by atoms with E-state index in [2.05, 4.69) is 10.6 Å². The summed E-state index contributed by atoms with van der Waals surface area (Å²) >= 11 is 12.7. The van der Waals surface area contributed by atoms with Gasteiger partial charge in [-0.25, -0.2) is 13.2 Å². The normalized spacial score (nSPS) is 15.8. The molecular weight excluding hydrogens is 737 g/mol. The molecule has 0 aromatic heterocycles. The van der Waals surface area contributed by atoms with Crippen LogP contribution in [0.5, 0.6) is 0 Å². The fourth-order valence-electron chi connectivity index (χ4n) is 6.57. The first kappa shape index (κ1) is 39.8. The maximum absolute atomic E-state index is 13.8. The summed E-state index contributed by atoms with van der Waals surface area (Å²) in [7, 11) is -1.21. The molecule has 2 N–H and O–H groups in total. The van der Waals surface area contributed by atoms with Crippen molar-refractivity contribution in [1.82, 2.24) is 4.31 Å². The zero-order valence-electron chi connectivity index (χ0n) is 29.9. The Bertz CT molecular complexity index is 2030. The SMILES string of the molecule is CCN(C1CCC(C(=O)OC)CC1)S(=O)(=O)c1cccc(C(=O)Nc2cc(Cl)c(Cl)cc2CNc2ccc(CCc3ccc(C(=O)OC)cc3)cc2)c1. The smallest absolute Gasteiger partial charge is 0.337 e. The Morgan fingerprint density at radius 3 is 2.02 bits per heavy atom. The van der Waals surface area contributed by atoms with Crippen LogP contribution >= 0.6 is 23.2 Å². The highest BCUT2D eigenvalue weighted by Gasteiger charge is 2.35. The first-order valence-electron chi connectivity index (χ1n) is 17.4. The number of nitrogens with zero attached hydrogens (tertiary/aromatic N) is 1. The van der Waals surface area contributed by atoms with Crippen molar-refractivity contribution in [1.29, 1.82) is 0 Å². The fraction of sp³-hybridized carbons (Fsp3) is 0.325. The number of anilines is 2. The third-order valence-corrected chi connectivity index (χ3v) is 12.3. The lowest BCUT2D eigenvalue weighted by Crippen LogP contribution is -2.43. The van der Waals surface area contributed by atoms with Crippen LogP contribution in [0.4, 0.5) is 11.4 Å². The maximum Gasteiger partial charge on any atom is 0.337 e. The van der Waals surface area contributed by atoms with Crippen molar-refractivity contribution >= 4 is 62.4 Å². The van der Waals surface area contributed by atoms with Crippen LogP contribution in [0.2, 0.25) is 10.0 Å². The molecule has 0 unspecified atom stereocenters. The number of ether oxygens (including phenoxy) is 2. The average molecular weight is 781 g/mol. The zero-order chi connectivity index (χ0) is 38.1. The molecule has 0 atom stereocenters. The third kappa shape index (κ3) is 9.97. The number of esters is 2. The molecule has 1 fully saturated rings. The zero-order valence-corrected chi connectivity index (χ0v) is 32.2. The molecule has 53 heavy (non-hydrogen) atoms. The number of carbonyl (C=O) groups excluding carboxylic acids is 3. The van der Waals surface area contributed by atoms with E-state index in [9.17, 15) is 22.8 Å². The van der Waals surface area contributed by atoms with Crippen molar-refractivity contribution < 1.29 is 32.3 Å². The quantitative estimate of drug-likeness (QED) is 0.123. The van der Waals surface area contributed by atoms with Gasteiger partial charge in [0.2, 0.25) is 10.0 Å². The monoisotopic (exact) mass is 779 g/mol. The molecule has 0 aliphatic heterocycles. The Morgan fingerprint density at radius 2 is 1.42 bits per heavy atom. The minimum atomic E-state index is -3.94. The number of sulfonamides is 1. The molecule has 1 saturated carbocycles. The molecule has 13 heteroatoms. The number of carbonyl (C=O) groups is 3. The molecule has 0 radical (unpaired) electrons. The number of halogens is 2. The van der Waals surface area contributed by atoms with E-state index >= 15 is 0 Å². The highest BCUT2D eigenvalue weighted by molar-refractivity contribution is 7.89. The van der Waals surface area contributed by atoms with Crippen LogP contribution in [-0.4, -0.2) is 57.4 Å². The van der Waals surface area contributed by atoms with Crippen molar-refractivity contribution in [2.75, 3.05) is 31.4 Å². The first-order valence-corrected chi connectivity index (χ1v) is 19.6. The summed E-state index contributed by atoms with van der Waals surface area (Å²) in [5, 5.41) is 6.84. The van der Waals surface area contributed by atoms with Gasteiger partial charge < -0.3 is 20.1 Å². The Morgan fingerprint density at radius 1 is 0.792 bits per heavy atom. The van der Waals surface area contributed by atoms with Crippen LogP contribution in [0.3, 0.4) is 0 Å². The summed E-state index contributed by atoms with van der Waals surface area (Å²) in [5.41, 5.74) is 4.90. The molecule has 10 nitrogen and oxygen atoms in total. The highest BCUT2D eigenvalue weighted by atomic mass is 35.5. The van der Waals surface area contributed by atoms with Crippen LogP contribution < -0.4 is 10.6 Å². The predicted octanol–water partition coefficient (Wildman–Crippen LogP) is 8.17. The molecule has 4 aromatic carbocycles. The summed E-state index contributed by atoms with van der Waals surface area (Å²) in [5.74, 6) is -1.36. The van der Waals surface area contributed by atoms with Crippen molar-refractivity contribution in [2.24, 2.45) is 5.92 Å². The Labute approximate surface area is 320 Å². The molecule has 0 saturated heterocycles. The van der Waals surface area contributed by atoms with Crippen LogP contribution in [-0.2, 0) is 43.7 Å². The molecule has 1 amide bonds. The maximum atomic E-state index is 13.8. The van der Waals surface area contributed by atoms with Gasteiger partial charge in [-0.15, -0.1) is 0 Å². The standard InChI is InChI=1S/C40H43Cl2N3O7S/c1-4-45(33-20-16-29(17-21-33)40(48)52-3)53(49,50)34-7-5-6-30(22-34)38(46)44-37-24-36(42)35(41)23-31(37)25-43-32-18-12-27(13-19-32)9-8-26-10-14-28(15-11-26)39(47)51-2/h5-7,10-15,18-19,22-24,29,33,43H,4,8-9,16-17,20-21,25H2,1-3H3,(H,44,46). The third-order valence-electron chi connectivity index (χ3n) is 9.56. The lowest BCUT2D eigenvalue weighted by molar-refractivity contribution is -0.146. The van der Waals surface area contributed by atoms with E-state index in [0.29, 0.717) is 54.1 Å². The lowest BCUT2D eigenvalue weighted by Gasteiger charge is -2.34. The number of nitrogens with one attached hydrogen (secondary N) is 2. The van der Waals surface area contributed by atoms with E-state index in [-0.39, 0.29) is 45.9 Å². The van der Waals surface area contributed by atoms with Gasteiger partial charge in [-0.2, -0.15) is 4.31 Å². The fourth-order valence-corrected chi connectivity index (χ4v) is 8.66. The van der Waals surface area contributed by atoms with Gasteiger partial charge in [0.05, 0.1) is 40.6 Å². The Kier molecular flexibility index (Phi) is 13.6. The van der Waals surface area contributed by atoms with Crippen LogP contribution in [0, 0.1) is 5.92 Å². The Balaban J connectivity index is 1.23. The Hall–Kier alpha value is -4.42. The van der Waals surface area contributed by atoms with E-state index in [0.717, 1.165) is 29.7 Å². The first-order chi connectivity index (χ1) is 25.4. The van der Waals surface area contributed by atoms with Gasteiger partial charge in [0, 0.05) is 36.1 Å². The second kappa shape index (κ2) is 18.1. The second-order valence-corrected chi connectivity index (χ2v) is 15.6. The summed E-state index contributed by atoms with van der Waals surface area (Å²) in [4.78, 5) is 37.3. The summed E-state index contributed by atoms with van der Waals surface area (Å²) in [6.45, 7) is 2.35. The number of amides is 1. The molecule has 5 rings (SSSR count). The van der Waals surface area contributed by atoms with Gasteiger partial charge in [-0.05, 0) is 110 Å². The molecule has 0 spiro atoms. The topological polar surface area (TPSA) is 131 Å². The highest BCUT2D eigenvalue weighted by Crippen LogP contribution is 2.33. The van der Waals surface area contributed by atoms with Gasteiger partial charge in [0.15, 0.2) is 0 Å². The largest absolute Gasteiger partial charge is 0.469 e. The molecule has 1 aliphatic rings. The minimum Gasteiger partial charge on any atom is -0.469 e. The van der Waals surface area contributed by atoms with Crippen molar-refractivity contribution in [3.8, 4) is 0 Å². The van der Waals surface area contributed by atoms with Crippen LogP contribution in [0.1, 0.15) is 70.0 Å². The van der Waals surface area contributed by atoms with Crippen molar-refractivity contribution in [3.05, 3.63) is 123 Å². The molecule has 4 aromatic rings. The molecular formula is C40H43Cl2N3O7S. The molecule has 0 heterocycles.